The molecule has 2 N–H and O–H groups in total. The summed E-state index contributed by atoms with van der Waals surface area (Å²) in [6.07, 6.45) is -4.71. The lowest BCUT2D eigenvalue weighted by Gasteiger charge is -2.15. The van der Waals surface area contributed by atoms with Crippen molar-refractivity contribution in [3.63, 3.8) is 0 Å². The average molecular weight is 281 g/mol. The second-order valence-electron chi connectivity index (χ2n) is 4.40. The summed E-state index contributed by atoms with van der Waals surface area (Å²) in [5, 5.41) is 0. The number of alkyl halides is 3. The van der Waals surface area contributed by atoms with Crippen LogP contribution in [0.4, 0.5) is 13.2 Å². The fraction of sp³-hybridized carbons (Fsp3) is 0.200. The third-order valence-corrected chi connectivity index (χ3v) is 2.93. The van der Waals surface area contributed by atoms with E-state index in [9.17, 15) is 13.2 Å². The van der Waals surface area contributed by atoms with Crippen molar-refractivity contribution in [3.8, 4) is 16.9 Å². The van der Waals surface area contributed by atoms with E-state index in [1.165, 1.54) is 12.1 Å². The van der Waals surface area contributed by atoms with Crippen LogP contribution in [0.2, 0.25) is 0 Å². The highest BCUT2D eigenvalue weighted by atomic mass is 19.4. The van der Waals surface area contributed by atoms with Crippen molar-refractivity contribution >= 4 is 0 Å². The Balaban J connectivity index is 2.47. The van der Waals surface area contributed by atoms with Crippen molar-refractivity contribution in [1.82, 2.24) is 0 Å². The van der Waals surface area contributed by atoms with Gasteiger partial charge < -0.3 is 10.5 Å². The molecule has 0 aliphatic rings. The second kappa shape index (κ2) is 5.54. The van der Waals surface area contributed by atoms with Gasteiger partial charge in [-0.1, -0.05) is 36.4 Å². The monoisotopic (exact) mass is 281 g/mol. The van der Waals surface area contributed by atoms with Crippen LogP contribution in [0, 0.1) is 6.92 Å². The maximum absolute atomic E-state index is 12.4. The summed E-state index contributed by atoms with van der Waals surface area (Å²) >= 11 is 0. The maximum atomic E-state index is 12.4. The van der Waals surface area contributed by atoms with Crippen LogP contribution in [0.5, 0.6) is 5.75 Å². The third kappa shape index (κ3) is 3.30. The van der Waals surface area contributed by atoms with E-state index < -0.39 is 6.36 Å². The third-order valence-electron chi connectivity index (χ3n) is 2.93. The zero-order valence-corrected chi connectivity index (χ0v) is 10.9. The molecule has 106 valence electrons. The zero-order chi connectivity index (χ0) is 14.8. The van der Waals surface area contributed by atoms with Crippen LogP contribution in [0.3, 0.4) is 0 Å². The molecule has 2 nitrogen and oxygen atoms in total. The molecule has 5 heteroatoms. The van der Waals surface area contributed by atoms with E-state index >= 15 is 0 Å². The Morgan fingerprint density at radius 1 is 1.05 bits per heavy atom. The predicted octanol–water partition coefficient (Wildman–Crippen LogP) is 4.02. The quantitative estimate of drug-likeness (QED) is 0.922. The largest absolute Gasteiger partial charge is 0.573 e. The maximum Gasteiger partial charge on any atom is 0.573 e. The summed E-state index contributed by atoms with van der Waals surface area (Å²) in [5.74, 6) is -0.205. The molecule has 0 aromatic heterocycles. The summed E-state index contributed by atoms with van der Waals surface area (Å²) in [5.41, 5.74) is 8.44. The van der Waals surface area contributed by atoms with Gasteiger partial charge in [-0.2, -0.15) is 0 Å². The molecule has 0 unspecified atom stereocenters. The minimum absolute atomic E-state index is 0.205. The molecule has 0 saturated heterocycles. The van der Waals surface area contributed by atoms with Gasteiger partial charge in [-0.15, -0.1) is 13.2 Å². The fourth-order valence-electron chi connectivity index (χ4n) is 2.06. The van der Waals surface area contributed by atoms with Gasteiger partial charge in [0, 0.05) is 12.1 Å². The lowest BCUT2D eigenvalue weighted by molar-refractivity contribution is -0.274. The Bertz CT molecular complexity index is 608. The smallest absolute Gasteiger partial charge is 0.405 e. The van der Waals surface area contributed by atoms with Gasteiger partial charge in [0.1, 0.15) is 5.75 Å². The van der Waals surface area contributed by atoms with Crippen molar-refractivity contribution in [3.05, 3.63) is 53.6 Å². The molecule has 20 heavy (non-hydrogen) atoms. The van der Waals surface area contributed by atoms with Gasteiger partial charge in [0.15, 0.2) is 0 Å². The highest BCUT2D eigenvalue weighted by Gasteiger charge is 2.32. The highest BCUT2D eigenvalue weighted by molar-refractivity contribution is 5.73. The van der Waals surface area contributed by atoms with E-state index in [0.29, 0.717) is 17.7 Å². The van der Waals surface area contributed by atoms with Gasteiger partial charge in [0.2, 0.25) is 0 Å². The van der Waals surface area contributed by atoms with E-state index in [1.807, 2.05) is 13.0 Å². The number of rotatable bonds is 3. The fourth-order valence-corrected chi connectivity index (χ4v) is 2.06. The van der Waals surface area contributed by atoms with Crippen LogP contribution in [0.15, 0.2) is 42.5 Å². The van der Waals surface area contributed by atoms with Crippen molar-refractivity contribution in [2.45, 2.75) is 19.8 Å². The summed E-state index contributed by atoms with van der Waals surface area (Å²) in [4.78, 5) is 0. The Labute approximate surface area is 115 Å². The second-order valence-corrected chi connectivity index (χ2v) is 4.40. The van der Waals surface area contributed by atoms with Crippen molar-refractivity contribution < 1.29 is 17.9 Å². The van der Waals surface area contributed by atoms with Crippen LogP contribution < -0.4 is 10.5 Å². The number of aryl methyl sites for hydroxylation is 1. The van der Waals surface area contributed by atoms with Crippen LogP contribution in [0.25, 0.3) is 11.1 Å². The first-order valence-corrected chi connectivity index (χ1v) is 6.05. The van der Waals surface area contributed by atoms with Crippen molar-refractivity contribution in [2.75, 3.05) is 0 Å². The summed E-state index contributed by atoms with van der Waals surface area (Å²) in [6.45, 7) is 2.22. The molecule has 0 aliphatic heterocycles. The average Bonchev–Trinajstić information content (AvgIpc) is 2.38. The molecular formula is C15H14F3NO. The Morgan fingerprint density at radius 2 is 1.75 bits per heavy atom. The topological polar surface area (TPSA) is 35.2 Å². The van der Waals surface area contributed by atoms with Gasteiger partial charge in [-0.3, -0.25) is 0 Å². The number of nitrogens with two attached hydrogens (primary N) is 1. The minimum atomic E-state index is -4.71. The van der Waals surface area contributed by atoms with E-state index in [0.717, 1.165) is 11.1 Å². The summed E-state index contributed by atoms with van der Waals surface area (Å²) in [6, 6.07) is 11.5. The molecular weight excluding hydrogens is 267 g/mol. The van der Waals surface area contributed by atoms with Crippen LogP contribution in [0.1, 0.15) is 11.1 Å². The van der Waals surface area contributed by atoms with E-state index in [4.69, 9.17) is 5.73 Å². The van der Waals surface area contributed by atoms with Crippen LogP contribution in [-0.4, -0.2) is 6.36 Å². The molecule has 0 atom stereocenters. The van der Waals surface area contributed by atoms with Crippen LogP contribution in [-0.2, 0) is 6.54 Å². The number of hydrogen-bond donors (Lipinski definition) is 1. The Kier molecular flexibility index (Phi) is 3.99. The van der Waals surface area contributed by atoms with Gasteiger partial charge in [-0.05, 0) is 29.7 Å². The summed E-state index contributed by atoms with van der Waals surface area (Å²) in [7, 11) is 0. The lowest BCUT2D eigenvalue weighted by Crippen LogP contribution is -2.17. The van der Waals surface area contributed by atoms with Gasteiger partial charge in [0.25, 0.3) is 0 Å². The predicted molar refractivity (Wildman–Crippen MR) is 71.2 cm³/mol. The molecule has 2 aromatic rings. The SMILES string of the molecule is Cc1cc(CN)ccc1-c1ccccc1OC(F)(F)F. The number of hydrogen-bond acceptors (Lipinski definition) is 2. The van der Waals surface area contributed by atoms with Gasteiger partial charge in [-0.25, -0.2) is 0 Å². The molecule has 2 rings (SSSR count). The number of halogens is 3. The molecule has 0 heterocycles. The molecule has 0 spiro atoms. The normalized spacial score (nSPS) is 11.4. The highest BCUT2D eigenvalue weighted by Crippen LogP contribution is 2.35. The first kappa shape index (κ1) is 14.4. The Hall–Kier alpha value is -2.01. The lowest BCUT2D eigenvalue weighted by atomic mass is 9.98. The minimum Gasteiger partial charge on any atom is -0.405 e. The molecule has 2 aromatic carbocycles. The van der Waals surface area contributed by atoms with Crippen LogP contribution >= 0.6 is 0 Å². The molecule has 0 saturated carbocycles. The standard InChI is InChI=1S/C15H14F3NO/c1-10-8-11(9-19)6-7-12(10)13-4-2-3-5-14(13)20-15(16,17)18/h2-8H,9,19H2,1H3. The van der Waals surface area contributed by atoms with E-state index in [1.54, 1.807) is 24.3 Å². The molecule has 0 fully saturated rings. The van der Waals surface area contributed by atoms with Gasteiger partial charge >= 0.3 is 6.36 Å². The van der Waals surface area contributed by atoms with Crippen molar-refractivity contribution in [2.24, 2.45) is 5.73 Å². The molecule has 0 aliphatic carbocycles. The summed E-state index contributed by atoms with van der Waals surface area (Å²) < 4.78 is 41.3. The van der Waals surface area contributed by atoms with E-state index in [2.05, 4.69) is 4.74 Å². The van der Waals surface area contributed by atoms with Crippen molar-refractivity contribution in [1.29, 1.82) is 0 Å². The van der Waals surface area contributed by atoms with E-state index in [-0.39, 0.29) is 5.75 Å². The first-order chi connectivity index (χ1) is 9.40. The molecule has 0 amide bonds. The number of ether oxygens (including phenoxy) is 1. The zero-order valence-electron chi connectivity index (χ0n) is 10.9. The number of para-hydroxylation sites is 1. The first-order valence-electron chi connectivity index (χ1n) is 6.05. The number of benzene rings is 2. The Morgan fingerprint density at radius 3 is 2.35 bits per heavy atom. The van der Waals surface area contributed by atoms with Gasteiger partial charge in [0.05, 0.1) is 0 Å². The molecule has 0 radical (unpaired) electrons. The molecule has 0 bridgehead atoms.